The van der Waals surface area contributed by atoms with Gasteiger partial charge in [-0.3, -0.25) is 20.2 Å². The fourth-order valence-corrected chi connectivity index (χ4v) is 2.59. The van der Waals surface area contributed by atoms with Crippen LogP contribution >= 0.6 is 28.1 Å². The topological polar surface area (TPSA) is 93.5 Å². The van der Waals surface area contributed by atoms with Crippen LogP contribution in [0.4, 0.5) is 11.4 Å². The summed E-state index contributed by atoms with van der Waals surface area (Å²) in [5.41, 5.74) is 0.875. The standard InChI is InChI=1S/C16H14BrN3O4S/c1-2-24-12-6-3-10(4-7-12)15(21)19-16(25)18-14-8-5-11(20(22)23)9-13(14)17/h3-9H,2H2,1H3,(H2,18,19,21,25). The molecule has 0 aromatic heterocycles. The lowest BCUT2D eigenvalue weighted by molar-refractivity contribution is -0.384. The summed E-state index contributed by atoms with van der Waals surface area (Å²) in [5, 5.41) is 16.2. The quantitative estimate of drug-likeness (QED) is 0.430. The van der Waals surface area contributed by atoms with Crippen molar-refractivity contribution in [3.63, 3.8) is 0 Å². The summed E-state index contributed by atoms with van der Waals surface area (Å²) >= 11 is 8.33. The average molecular weight is 424 g/mol. The second kappa shape index (κ2) is 8.54. The van der Waals surface area contributed by atoms with Gasteiger partial charge in [-0.05, 0) is 65.4 Å². The van der Waals surface area contributed by atoms with Gasteiger partial charge in [0.05, 0.1) is 17.2 Å². The van der Waals surface area contributed by atoms with Crippen LogP contribution in [0.5, 0.6) is 5.75 Å². The molecule has 0 aliphatic rings. The molecule has 0 aliphatic heterocycles. The van der Waals surface area contributed by atoms with Crippen molar-refractivity contribution in [2.75, 3.05) is 11.9 Å². The minimum atomic E-state index is -0.499. The monoisotopic (exact) mass is 423 g/mol. The van der Waals surface area contributed by atoms with E-state index in [1.54, 1.807) is 24.3 Å². The van der Waals surface area contributed by atoms with E-state index in [1.165, 1.54) is 18.2 Å². The zero-order valence-corrected chi connectivity index (χ0v) is 15.5. The second-order valence-corrected chi connectivity index (χ2v) is 6.05. The van der Waals surface area contributed by atoms with Crippen molar-refractivity contribution in [2.45, 2.75) is 6.92 Å². The number of amides is 1. The molecular weight excluding hydrogens is 410 g/mol. The van der Waals surface area contributed by atoms with E-state index in [1.807, 2.05) is 6.92 Å². The SMILES string of the molecule is CCOc1ccc(C(=O)NC(=S)Nc2ccc([N+](=O)[O-])cc2Br)cc1. The predicted molar refractivity (Wildman–Crippen MR) is 102 cm³/mol. The summed E-state index contributed by atoms with van der Waals surface area (Å²) in [4.78, 5) is 22.4. The van der Waals surface area contributed by atoms with Crippen molar-refractivity contribution >= 4 is 50.5 Å². The highest BCUT2D eigenvalue weighted by Gasteiger charge is 2.12. The third kappa shape index (κ3) is 5.23. The van der Waals surface area contributed by atoms with Gasteiger partial charge in [0.15, 0.2) is 5.11 Å². The van der Waals surface area contributed by atoms with Crippen molar-refractivity contribution in [3.05, 3.63) is 62.6 Å². The molecule has 0 fully saturated rings. The van der Waals surface area contributed by atoms with Gasteiger partial charge in [-0.1, -0.05) is 0 Å². The Labute approximate surface area is 157 Å². The highest BCUT2D eigenvalue weighted by molar-refractivity contribution is 9.10. The summed E-state index contributed by atoms with van der Waals surface area (Å²) in [6.45, 7) is 2.42. The Morgan fingerprint density at radius 3 is 2.52 bits per heavy atom. The Balaban J connectivity index is 1.99. The number of halogens is 1. The van der Waals surface area contributed by atoms with Gasteiger partial charge in [0.25, 0.3) is 11.6 Å². The van der Waals surface area contributed by atoms with Crippen LogP contribution in [0.25, 0.3) is 0 Å². The summed E-state index contributed by atoms with van der Waals surface area (Å²) in [6.07, 6.45) is 0. The first-order valence-corrected chi connectivity index (χ1v) is 8.40. The average Bonchev–Trinajstić information content (AvgIpc) is 2.57. The van der Waals surface area contributed by atoms with Crippen molar-refractivity contribution in [3.8, 4) is 5.75 Å². The molecule has 0 aliphatic carbocycles. The van der Waals surface area contributed by atoms with E-state index in [0.717, 1.165) is 0 Å². The number of ether oxygens (including phenoxy) is 1. The van der Waals surface area contributed by atoms with Crippen LogP contribution in [0.1, 0.15) is 17.3 Å². The largest absolute Gasteiger partial charge is 0.494 e. The fourth-order valence-electron chi connectivity index (χ4n) is 1.92. The second-order valence-electron chi connectivity index (χ2n) is 4.79. The molecule has 0 saturated heterocycles. The lowest BCUT2D eigenvalue weighted by Gasteiger charge is -2.11. The van der Waals surface area contributed by atoms with Crippen molar-refractivity contribution in [2.24, 2.45) is 0 Å². The highest BCUT2D eigenvalue weighted by Crippen LogP contribution is 2.27. The lowest BCUT2D eigenvalue weighted by atomic mass is 10.2. The number of rotatable bonds is 5. The molecule has 9 heteroatoms. The molecule has 0 saturated carbocycles. The Morgan fingerprint density at radius 2 is 1.96 bits per heavy atom. The van der Waals surface area contributed by atoms with E-state index in [-0.39, 0.29) is 16.7 Å². The van der Waals surface area contributed by atoms with E-state index in [9.17, 15) is 14.9 Å². The van der Waals surface area contributed by atoms with Crippen LogP contribution in [0.15, 0.2) is 46.9 Å². The number of nitro benzene ring substituents is 1. The lowest BCUT2D eigenvalue weighted by Crippen LogP contribution is -2.34. The van der Waals surface area contributed by atoms with Gasteiger partial charge in [-0.2, -0.15) is 0 Å². The van der Waals surface area contributed by atoms with Gasteiger partial charge < -0.3 is 10.1 Å². The fraction of sp³-hybridized carbons (Fsp3) is 0.125. The maximum absolute atomic E-state index is 12.2. The van der Waals surface area contributed by atoms with Crippen LogP contribution in [0.3, 0.4) is 0 Å². The zero-order valence-electron chi connectivity index (χ0n) is 13.1. The first kappa shape index (κ1) is 18.8. The van der Waals surface area contributed by atoms with Gasteiger partial charge in [0.2, 0.25) is 0 Å². The normalized spacial score (nSPS) is 10.0. The summed E-state index contributed by atoms with van der Waals surface area (Å²) in [5.74, 6) is 0.299. The van der Waals surface area contributed by atoms with E-state index in [4.69, 9.17) is 17.0 Å². The minimum Gasteiger partial charge on any atom is -0.494 e. The van der Waals surface area contributed by atoms with Gasteiger partial charge in [-0.15, -0.1) is 0 Å². The number of carbonyl (C=O) groups is 1. The number of nitrogens with zero attached hydrogens (tertiary/aromatic N) is 1. The molecular formula is C16H14BrN3O4S. The van der Waals surface area contributed by atoms with Crippen LogP contribution < -0.4 is 15.4 Å². The number of carbonyl (C=O) groups excluding carboxylic acids is 1. The summed E-state index contributed by atoms with van der Waals surface area (Å²) in [6, 6.07) is 10.8. The van der Waals surface area contributed by atoms with Gasteiger partial charge in [0.1, 0.15) is 5.75 Å². The molecule has 7 nitrogen and oxygen atoms in total. The molecule has 0 heterocycles. The molecule has 25 heavy (non-hydrogen) atoms. The van der Waals surface area contributed by atoms with Gasteiger partial charge >= 0.3 is 0 Å². The van der Waals surface area contributed by atoms with E-state index in [0.29, 0.717) is 28.1 Å². The summed E-state index contributed by atoms with van der Waals surface area (Å²) < 4.78 is 5.78. The minimum absolute atomic E-state index is 0.0539. The smallest absolute Gasteiger partial charge is 0.270 e. The third-order valence-electron chi connectivity index (χ3n) is 3.07. The number of non-ortho nitro benzene ring substituents is 1. The summed E-state index contributed by atoms with van der Waals surface area (Å²) in [7, 11) is 0. The number of hydrogen-bond donors (Lipinski definition) is 2. The molecule has 0 bridgehead atoms. The number of hydrogen-bond acceptors (Lipinski definition) is 5. The Kier molecular flexibility index (Phi) is 6.43. The molecule has 130 valence electrons. The molecule has 2 N–H and O–H groups in total. The van der Waals surface area contributed by atoms with Crippen molar-refractivity contribution in [1.82, 2.24) is 5.32 Å². The van der Waals surface area contributed by atoms with Crippen LogP contribution in [0, 0.1) is 10.1 Å². The first-order valence-electron chi connectivity index (χ1n) is 7.20. The Bertz CT molecular complexity index is 812. The molecule has 0 atom stereocenters. The Hall–Kier alpha value is -2.52. The molecule has 0 spiro atoms. The molecule has 0 unspecified atom stereocenters. The number of benzene rings is 2. The van der Waals surface area contributed by atoms with Crippen molar-refractivity contribution < 1.29 is 14.5 Å². The highest BCUT2D eigenvalue weighted by atomic mass is 79.9. The van der Waals surface area contributed by atoms with Crippen LogP contribution in [-0.4, -0.2) is 22.5 Å². The molecule has 1 amide bonds. The van der Waals surface area contributed by atoms with Crippen LogP contribution in [0.2, 0.25) is 0 Å². The maximum atomic E-state index is 12.2. The molecule has 2 aromatic rings. The molecule has 2 aromatic carbocycles. The number of nitrogens with one attached hydrogen (secondary N) is 2. The van der Waals surface area contributed by atoms with E-state index in [2.05, 4.69) is 26.6 Å². The van der Waals surface area contributed by atoms with E-state index < -0.39 is 4.92 Å². The number of anilines is 1. The van der Waals surface area contributed by atoms with Crippen molar-refractivity contribution in [1.29, 1.82) is 0 Å². The zero-order chi connectivity index (χ0) is 18.4. The molecule has 0 radical (unpaired) electrons. The first-order chi connectivity index (χ1) is 11.9. The number of nitro groups is 1. The predicted octanol–water partition coefficient (Wildman–Crippen LogP) is 3.88. The Morgan fingerprint density at radius 1 is 1.28 bits per heavy atom. The van der Waals surface area contributed by atoms with Crippen LogP contribution in [-0.2, 0) is 0 Å². The molecule has 2 rings (SSSR count). The number of thiocarbonyl (C=S) groups is 1. The van der Waals surface area contributed by atoms with E-state index >= 15 is 0 Å². The third-order valence-corrected chi connectivity index (χ3v) is 3.93. The maximum Gasteiger partial charge on any atom is 0.270 e. The van der Waals surface area contributed by atoms with Gasteiger partial charge in [-0.25, -0.2) is 0 Å². The van der Waals surface area contributed by atoms with Gasteiger partial charge in [0, 0.05) is 22.2 Å².